The molecule has 3 aromatic heterocycles. The van der Waals surface area contributed by atoms with E-state index in [-0.39, 0.29) is 0 Å². The van der Waals surface area contributed by atoms with Gasteiger partial charge in [0.05, 0.1) is 28.5 Å². The van der Waals surface area contributed by atoms with Gasteiger partial charge in [-0.15, -0.1) is 0 Å². The highest BCUT2D eigenvalue weighted by Gasteiger charge is 2.12. The largest absolute Gasteiger partial charge is 0.387 e. The molecule has 1 aliphatic rings. The van der Waals surface area contributed by atoms with Crippen LogP contribution in [-0.4, -0.2) is 61.1 Å². The second-order valence-corrected chi connectivity index (χ2v) is 8.02. The Bertz CT molecular complexity index is 1220. The molecule has 164 valence electrons. The minimum Gasteiger partial charge on any atom is -0.387 e. The number of aromatic amines is 1. The van der Waals surface area contributed by atoms with Crippen LogP contribution in [0.15, 0.2) is 48.9 Å². The molecule has 4 N–H and O–H groups in total. The van der Waals surface area contributed by atoms with Gasteiger partial charge in [0.1, 0.15) is 12.1 Å². The number of benzene rings is 1. The van der Waals surface area contributed by atoms with E-state index >= 15 is 0 Å². The molecule has 0 spiro atoms. The molecule has 9 heteroatoms. The van der Waals surface area contributed by atoms with E-state index in [1.165, 1.54) is 11.9 Å². The first-order chi connectivity index (χ1) is 15.6. The predicted molar refractivity (Wildman–Crippen MR) is 123 cm³/mol. The number of anilines is 2. The number of aromatic nitrogens is 5. The lowest BCUT2D eigenvalue weighted by Crippen LogP contribution is -2.42. The number of H-pyrrole nitrogens is 1. The van der Waals surface area contributed by atoms with E-state index in [4.69, 9.17) is 0 Å². The van der Waals surface area contributed by atoms with E-state index in [9.17, 15) is 5.11 Å². The number of fused-ring (bicyclic) bond motifs is 1. The molecule has 0 radical (unpaired) electrons. The molecule has 4 heterocycles. The van der Waals surface area contributed by atoms with E-state index in [0.29, 0.717) is 11.6 Å². The van der Waals surface area contributed by atoms with Crippen LogP contribution in [0.1, 0.15) is 24.3 Å². The molecule has 0 saturated carbocycles. The molecular weight excluding hydrogens is 404 g/mol. The molecule has 0 aliphatic carbocycles. The summed E-state index contributed by atoms with van der Waals surface area (Å²) in [5.74, 6) is 1.39. The normalized spacial score (nSPS) is 15.7. The minimum absolute atomic E-state index is 0.592. The zero-order chi connectivity index (χ0) is 21.9. The van der Waals surface area contributed by atoms with E-state index < -0.39 is 6.10 Å². The number of nitrogens with one attached hydrogen (secondary N) is 3. The van der Waals surface area contributed by atoms with Gasteiger partial charge in [-0.05, 0) is 42.8 Å². The Morgan fingerprint density at radius 2 is 1.97 bits per heavy atom. The Morgan fingerprint density at radius 3 is 2.81 bits per heavy atom. The summed E-state index contributed by atoms with van der Waals surface area (Å²) in [6.45, 7) is 6.79. The topological polar surface area (TPSA) is 115 Å². The standard InChI is InChI=1S/C23H26N8O/c1-15(32)19-12-20(27-14-26-19)17-2-3-18-21(11-17)29-23(28-18)30-22-10-16(4-5-25-22)13-31-8-6-24-7-9-31/h2-5,10-12,14-15,24,32H,6-9,13H2,1H3,(H2,25,28,29,30). The lowest BCUT2D eigenvalue weighted by Gasteiger charge is -2.27. The lowest BCUT2D eigenvalue weighted by molar-refractivity contribution is 0.194. The fraction of sp³-hybridized carbons (Fsp3) is 0.304. The molecule has 0 amide bonds. The first kappa shape index (κ1) is 20.5. The Kier molecular flexibility index (Phi) is 5.76. The lowest BCUT2D eigenvalue weighted by atomic mass is 10.1. The number of rotatable bonds is 6. The van der Waals surface area contributed by atoms with Gasteiger partial charge in [0.25, 0.3) is 0 Å². The molecule has 9 nitrogen and oxygen atoms in total. The number of hydrogen-bond acceptors (Lipinski definition) is 8. The monoisotopic (exact) mass is 430 g/mol. The zero-order valence-corrected chi connectivity index (χ0v) is 17.9. The van der Waals surface area contributed by atoms with Crippen LogP contribution in [0.2, 0.25) is 0 Å². The SMILES string of the molecule is CC(O)c1cc(-c2ccc3nc(Nc4cc(CN5CCNCC5)ccn4)[nH]c3c2)ncn1. The summed E-state index contributed by atoms with van der Waals surface area (Å²) in [7, 11) is 0. The van der Waals surface area contributed by atoms with E-state index in [1.54, 1.807) is 13.0 Å². The van der Waals surface area contributed by atoms with Crippen LogP contribution >= 0.6 is 0 Å². The number of aliphatic hydroxyl groups is 1. The minimum atomic E-state index is -0.640. The van der Waals surface area contributed by atoms with Crippen molar-refractivity contribution in [2.75, 3.05) is 31.5 Å². The smallest absolute Gasteiger partial charge is 0.206 e. The molecule has 1 aliphatic heterocycles. The van der Waals surface area contributed by atoms with Gasteiger partial charge >= 0.3 is 0 Å². The van der Waals surface area contributed by atoms with Gasteiger partial charge in [0, 0.05) is 44.5 Å². The molecule has 1 unspecified atom stereocenters. The van der Waals surface area contributed by atoms with Gasteiger partial charge < -0.3 is 20.7 Å². The van der Waals surface area contributed by atoms with Gasteiger partial charge in [0.15, 0.2) is 0 Å². The molecule has 1 atom stereocenters. The highest BCUT2D eigenvalue weighted by atomic mass is 16.3. The highest BCUT2D eigenvalue weighted by molar-refractivity contribution is 5.83. The van der Waals surface area contributed by atoms with Crippen LogP contribution in [-0.2, 0) is 6.54 Å². The molecule has 1 fully saturated rings. The van der Waals surface area contributed by atoms with Crippen molar-refractivity contribution in [3.63, 3.8) is 0 Å². The molecule has 5 rings (SSSR count). The van der Waals surface area contributed by atoms with Crippen LogP contribution < -0.4 is 10.6 Å². The first-order valence-electron chi connectivity index (χ1n) is 10.8. The number of nitrogens with zero attached hydrogens (tertiary/aromatic N) is 5. The van der Waals surface area contributed by atoms with E-state index in [1.807, 2.05) is 24.4 Å². The summed E-state index contributed by atoms with van der Waals surface area (Å²) in [5, 5.41) is 16.5. The zero-order valence-electron chi connectivity index (χ0n) is 17.9. The third-order valence-electron chi connectivity index (χ3n) is 5.58. The van der Waals surface area contributed by atoms with Gasteiger partial charge in [-0.2, -0.15) is 0 Å². The number of imidazole rings is 1. The maximum absolute atomic E-state index is 9.80. The number of aliphatic hydroxyl groups excluding tert-OH is 1. The summed E-state index contributed by atoms with van der Waals surface area (Å²) in [6, 6.07) is 11.8. The second kappa shape index (κ2) is 8.99. The third kappa shape index (κ3) is 4.59. The Morgan fingerprint density at radius 1 is 1.09 bits per heavy atom. The molecule has 32 heavy (non-hydrogen) atoms. The summed E-state index contributed by atoms with van der Waals surface area (Å²) in [5.41, 5.74) is 5.23. The first-order valence-corrected chi connectivity index (χ1v) is 10.8. The number of hydrogen-bond donors (Lipinski definition) is 4. The van der Waals surface area contributed by atoms with Crippen molar-refractivity contribution in [3.8, 4) is 11.3 Å². The van der Waals surface area contributed by atoms with E-state index in [2.05, 4.69) is 52.6 Å². The third-order valence-corrected chi connectivity index (χ3v) is 5.58. The fourth-order valence-corrected chi connectivity index (χ4v) is 3.88. The summed E-state index contributed by atoms with van der Waals surface area (Å²) >= 11 is 0. The Labute approximate surface area is 186 Å². The van der Waals surface area contributed by atoms with Crippen molar-refractivity contribution in [1.29, 1.82) is 0 Å². The van der Waals surface area contributed by atoms with Crippen molar-refractivity contribution in [2.45, 2.75) is 19.6 Å². The molecule has 4 aromatic rings. The van der Waals surface area contributed by atoms with Crippen molar-refractivity contribution in [3.05, 3.63) is 60.2 Å². The predicted octanol–water partition coefficient (Wildman–Crippen LogP) is 2.62. The maximum Gasteiger partial charge on any atom is 0.206 e. The molecule has 1 saturated heterocycles. The van der Waals surface area contributed by atoms with Crippen molar-refractivity contribution in [2.24, 2.45) is 0 Å². The molecule has 1 aromatic carbocycles. The van der Waals surface area contributed by atoms with Crippen molar-refractivity contribution >= 4 is 22.8 Å². The number of piperazine rings is 1. The van der Waals surface area contributed by atoms with Crippen LogP contribution in [0, 0.1) is 0 Å². The highest BCUT2D eigenvalue weighted by Crippen LogP contribution is 2.25. The average Bonchev–Trinajstić information content (AvgIpc) is 3.21. The Balaban J connectivity index is 1.34. The summed E-state index contributed by atoms with van der Waals surface area (Å²) < 4.78 is 0. The summed E-state index contributed by atoms with van der Waals surface area (Å²) in [4.78, 5) is 23.3. The van der Waals surface area contributed by atoms with Gasteiger partial charge in [-0.3, -0.25) is 4.90 Å². The van der Waals surface area contributed by atoms with Crippen molar-refractivity contribution in [1.82, 2.24) is 35.1 Å². The van der Waals surface area contributed by atoms with E-state index in [0.717, 1.165) is 60.8 Å². The Hall–Kier alpha value is -3.40. The quantitative estimate of drug-likeness (QED) is 0.369. The van der Waals surface area contributed by atoms with Crippen LogP contribution in [0.3, 0.4) is 0 Å². The van der Waals surface area contributed by atoms with Crippen molar-refractivity contribution < 1.29 is 5.11 Å². The second-order valence-electron chi connectivity index (χ2n) is 8.02. The molecule has 0 bridgehead atoms. The fourth-order valence-electron chi connectivity index (χ4n) is 3.88. The average molecular weight is 431 g/mol. The van der Waals surface area contributed by atoms with Crippen LogP contribution in [0.25, 0.3) is 22.3 Å². The van der Waals surface area contributed by atoms with Gasteiger partial charge in [-0.25, -0.2) is 19.9 Å². The van der Waals surface area contributed by atoms with Gasteiger partial charge in [0.2, 0.25) is 5.95 Å². The van der Waals surface area contributed by atoms with Crippen LogP contribution in [0.4, 0.5) is 11.8 Å². The van der Waals surface area contributed by atoms with Crippen LogP contribution in [0.5, 0.6) is 0 Å². The number of pyridine rings is 1. The van der Waals surface area contributed by atoms with Gasteiger partial charge in [-0.1, -0.05) is 6.07 Å². The molecular formula is C23H26N8O. The summed E-state index contributed by atoms with van der Waals surface area (Å²) in [6.07, 6.45) is 2.66. The maximum atomic E-state index is 9.80.